The molecular weight excluding hydrogens is 586 g/mol. The fraction of sp³-hybridized carbons (Fsp3) is 0.714. The number of nitrogens with one attached hydrogen (secondary N) is 3. The van der Waals surface area contributed by atoms with Gasteiger partial charge in [-0.1, -0.05) is 66.9 Å². The molecule has 1 saturated carbocycles. The van der Waals surface area contributed by atoms with E-state index in [9.17, 15) is 24.3 Å². The molecule has 0 bridgehead atoms. The molecule has 1 unspecified atom stereocenters. The number of aliphatic hydroxyl groups excluding tert-OH is 1. The highest BCUT2D eigenvalue weighted by atomic mass is 16.4. The number of nitrogens with zero attached hydrogens (tertiary/aromatic N) is 2. The van der Waals surface area contributed by atoms with Crippen molar-refractivity contribution >= 4 is 29.4 Å². The zero-order valence-electron chi connectivity index (χ0n) is 28.8. The molecule has 6 atom stereocenters. The monoisotopic (exact) mass is 643 g/mol. The fourth-order valence-electron chi connectivity index (χ4n) is 5.47. The quantitative estimate of drug-likeness (QED) is 0.122. The van der Waals surface area contributed by atoms with Crippen LogP contribution < -0.4 is 16.0 Å². The van der Waals surface area contributed by atoms with Crippen LogP contribution in [0.5, 0.6) is 0 Å². The average molecular weight is 644 g/mol. The zero-order chi connectivity index (χ0) is 34.4. The number of aliphatic imine (C=N–C) groups is 1. The van der Waals surface area contributed by atoms with Crippen molar-refractivity contribution in [1.82, 2.24) is 20.9 Å². The second-order valence-corrected chi connectivity index (χ2v) is 13.7. The van der Waals surface area contributed by atoms with Crippen molar-refractivity contribution in [2.24, 2.45) is 28.7 Å². The van der Waals surface area contributed by atoms with Crippen molar-refractivity contribution in [1.29, 1.82) is 0 Å². The Hall–Kier alpha value is -3.34. The first-order chi connectivity index (χ1) is 21.7. The van der Waals surface area contributed by atoms with E-state index in [4.69, 9.17) is 10.1 Å². The summed E-state index contributed by atoms with van der Waals surface area (Å²) >= 11 is 0. The maximum atomic E-state index is 13.7. The number of pyridine rings is 1. The van der Waals surface area contributed by atoms with Crippen LogP contribution in [0.4, 0.5) is 0 Å². The van der Waals surface area contributed by atoms with Gasteiger partial charge >= 0.3 is 5.97 Å². The van der Waals surface area contributed by atoms with Gasteiger partial charge in [0.2, 0.25) is 17.7 Å². The minimum Gasteiger partial charge on any atom is -0.481 e. The lowest BCUT2D eigenvalue weighted by molar-refractivity contribution is -0.137. The van der Waals surface area contributed by atoms with Gasteiger partial charge in [0.15, 0.2) is 0 Å². The molecule has 1 aliphatic carbocycles. The van der Waals surface area contributed by atoms with E-state index in [1.165, 1.54) is 0 Å². The number of aliphatic carboxylic acids is 1. The van der Waals surface area contributed by atoms with Gasteiger partial charge in [-0.2, -0.15) is 0 Å². The Morgan fingerprint density at radius 1 is 1.00 bits per heavy atom. The molecule has 0 radical (unpaired) electrons. The lowest BCUT2D eigenvalue weighted by Gasteiger charge is -2.30. The molecule has 5 N–H and O–H groups in total. The average Bonchev–Trinajstić information content (AvgIpc) is 3.81. The molecule has 0 saturated heterocycles. The normalized spacial score (nSPS) is 17.5. The van der Waals surface area contributed by atoms with E-state index in [1.807, 2.05) is 52.8 Å². The van der Waals surface area contributed by atoms with E-state index in [-0.39, 0.29) is 55.4 Å². The number of hydrogen-bond donors (Lipinski definition) is 5. The van der Waals surface area contributed by atoms with E-state index < -0.39 is 42.0 Å². The minimum atomic E-state index is -0.981. The van der Waals surface area contributed by atoms with Gasteiger partial charge in [-0.05, 0) is 62.0 Å². The fourth-order valence-corrected chi connectivity index (χ4v) is 5.47. The Morgan fingerprint density at radius 2 is 1.70 bits per heavy atom. The Bertz CT molecular complexity index is 1150. The van der Waals surface area contributed by atoms with Gasteiger partial charge in [-0.25, -0.2) is 0 Å². The van der Waals surface area contributed by atoms with Gasteiger partial charge in [-0.3, -0.25) is 29.2 Å². The number of carbonyl (C=O) groups excluding carboxylic acids is 3. The summed E-state index contributed by atoms with van der Waals surface area (Å²) in [6, 6.07) is 3.37. The lowest BCUT2D eigenvalue weighted by Crippen LogP contribution is -2.57. The third-order valence-electron chi connectivity index (χ3n) is 8.51. The number of aromatic nitrogens is 1. The molecule has 11 nitrogen and oxygen atoms in total. The van der Waals surface area contributed by atoms with E-state index >= 15 is 0 Å². The number of carbonyl (C=O) groups is 4. The highest BCUT2D eigenvalue weighted by Crippen LogP contribution is 2.34. The molecule has 258 valence electrons. The summed E-state index contributed by atoms with van der Waals surface area (Å²) in [4.78, 5) is 60.0. The summed E-state index contributed by atoms with van der Waals surface area (Å²) in [5.41, 5.74) is 1.63. The summed E-state index contributed by atoms with van der Waals surface area (Å²) in [6.45, 7) is 13.9. The molecule has 46 heavy (non-hydrogen) atoms. The van der Waals surface area contributed by atoms with E-state index in [2.05, 4.69) is 34.8 Å². The van der Waals surface area contributed by atoms with Crippen LogP contribution in [0.15, 0.2) is 29.4 Å². The third-order valence-corrected chi connectivity index (χ3v) is 8.51. The molecule has 1 aromatic heterocycles. The molecule has 11 heteroatoms. The number of carboxylic acids is 1. The van der Waals surface area contributed by atoms with E-state index in [0.29, 0.717) is 25.2 Å². The Kier molecular flexibility index (Phi) is 16.3. The van der Waals surface area contributed by atoms with Crippen LogP contribution in [0.1, 0.15) is 118 Å². The first-order valence-electron chi connectivity index (χ1n) is 17.0. The van der Waals surface area contributed by atoms with Crippen LogP contribution in [0, 0.1) is 23.7 Å². The lowest BCUT2D eigenvalue weighted by atomic mass is 9.94. The zero-order valence-corrected chi connectivity index (χ0v) is 28.8. The van der Waals surface area contributed by atoms with Gasteiger partial charge in [0, 0.05) is 31.2 Å². The second kappa shape index (κ2) is 19.4. The molecule has 1 aromatic rings. The SMILES string of the molecule is CC[C@H](C)[C@H](NC(=O)CCCC(=O)O)C(=O)N[C@@H](CC1CC1)C(=O)N[C@@H](CC(C)C)[C@@H](O)CC(C)=NC(c1ccccn1)C(C)C. The Balaban J connectivity index is 2.17. The molecule has 0 spiro atoms. The number of rotatable bonds is 21. The highest BCUT2D eigenvalue weighted by molar-refractivity contribution is 5.92. The van der Waals surface area contributed by atoms with Crippen molar-refractivity contribution in [3.05, 3.63) is 30.1 Å². The van der Waals surface area contributed by atoms with Crippen LogP contribution in [0.25, 0.3) is 0 Å². The number of hydrogen-bond acceptors (Lipinski definition) is 7. The topological polar surface area (TPSA) is 170 Å². The smallest absolute Gasteiger partial charge is 0.303 e. The van der Waals surface area contributed by atoms with Gasteiger partial charge in [-0.15, -0.1) is 0 Å². The van der Waals surface area contributed by atoms with E-state index in [0.717, 1.165) is 24.2 Å². The van der Waals surface area contributed by atoms with Crippen molar-refractivity contribution in [2.45, 2.75) is 137 Å². The van der Waals surface area contributed by atoms with Crippen molar-refractivity contribution < 1.29 is 29.4 Å². The molecule has 0 aromatic carbocycles. The van der Waals surface area contributed by atoms with Crippen molar-refractivity contribution in [3.8, 4) is 0 Å². The highest BCUT2D eigenvalue weighted by Gasteiger charge is 2.35. The third kappa shape index (κ3) is 14.0. The summed E-state index contributed by atoms with van der Waals surface area (Å²) < 4.78 is 0. The van der Waals surface area contributed by atoms with Gasteiger partial charge < -0.3 is 26.2 Å². The van der Waals surface area contributed by atoms with Crippen LogP contribution in [0.2, 0.25) is 0 Å². The maximum Gasteiger partial charge on any atom is 0.303 e. The molecule has 1 heterocycles. The molecule has 0 aliphatic heterocycles. The van der Waals surface area contributed by atoms with Crippen molar-refractivity contribution in [3.63, 3.8) is 0 Å². The number of carboxylic acid groups (broad SMARTS) is 1. The molecule has 2 rings (SSSR count). The van der Waals surface area contributed by atoms with E-state index in [1.54, 1.807) is 6.20 Å². The summed E-state index contributed by atoms with van der Waals surface area (Å²) in [5, 5.41) is 29.0. The first kappa shape index (κ1) is 38.8. The Morgan fingerprint density at radius 3 is 2.24 bits per heavy atom. The van der Waals surface area contributed by atoms with Gasteiger partial charge in [0.25, 0.3) is 0 Å². The minimum absolute atomic E-state index is 0.00420. The van der Waals surface area contributed by atoms with Crippen molar-refractivity contribution in [2.75, 3.05) is 0 Å². The molecule has 1 aliphatic rings. The summed E-state index contributed by atoms with van der Waals surface area (Å²) in [7, 11) is 0. The summed E-state index contributed by atoms with van der Waals surface area (Å²) in [6.07, 6.45) is 4.77. The van der Waals surface area contributed by atoms with Crippen LogP contribution in [0.3, 0.4) is 0 Å². The number of aliphatic hydroxyl groups is 1. The van der Waals surface area contributed by atoms with Crippen LogP contribution in [-0.4, -0.2) is 68.8 Å². The molecule has 1 fully saturated rings. The first-order valence-corrected chi connectivity index (χ1v) is 17.0. The molecular formula is C35H57N5O6. The molecule has 3 amide bonds. The van der Waals surface area contributed by atoms with Gasteiger partial charge in [0.1, 0.15) is 12.1 Å². The maximum absolute atomic E-state index is 13.7. The predicted molar refractivity (Wildman–Crippen MR) is 179 cm³/mol. The van der Waals surface area contributed by atoms with Crippen LogP contribution >= 0.6 is 0 Å². The predicted octanol–water partition coefficient (Wildman–Crippen LogP) is 4.59. The standard InChI is InChI=1S/C35H57N5O6/c1-8-23(6)33(40-30(42)13-11-14-31(43)44)35(46)39-28(20-25-15-16-25)34(45)38-27(18-21(2)3)29(41)19-24(7)37-32(22(4)5)26-12-9-10-17-36-26/h9-10,12,17,21-23,25,27-29,32-33,41H,8,11,13-16,18-20H2,1-7H3,(H,38,45)(H,39,46)(H,40,42)(H,43,44)/t23-,27-,28-,29-,32?,33-/m0/s1. The largest absolute Gasteiger partial charge is 0.481 e. The number of amides is 3. The van der Waals surface area contributed by atoms with Crippen LogP contribution in [-0.2, 0) is 19.2 Å². The van der Waals surface area contributed by atoms with Gasteiger partial charge in [0.05, 0.1) is 23.9 Å². The summed E-state index contributed by atoms with van der Waals surface area (Å²) in [5.74, 6) is -1.66. The second-order valence-electron chi connectivity index (χ2n) is 13.7. The Labute approximate surface area is 274 Å².